The van der Waals surface area contributed by atoms with Gasteiger partial charge in [-0.25, -0.2) is 0 Å². The van der Waals surface area contributed by atoms with E-state index in [4.69, 9.17) is 0 Å². The largest absolute Gasteiger partial charge is 0.324 e. The van der Waals surface area contributed by atoms with E-state index in [2.05, 4.69) is 26.0 Å². The molecule has 0 radical (unpaired) electrons. The molecule has 0 spiro atoms. The normalized spacial score (nSPS) is 20.6. The monoisotopic (exact) mass is 337 g/mol. The Hall–Kier alpha value is -1.94. The first-order valence-corrected chi connectivity index (χ1v) is 9.44. The molecule has 1 aromatic carbocycles. The summed E-state index contributed by atoms with van der Waals surface area (Å²) in [6, 6.07) is 6.40. The van der Waals surface area contributed by atoms with Crippen molar-refractivity contribution in [2.24, 2.45) is 5.92 Å². The maximum absolute atomic E-state index is 12.6. The van der Waals surface area contributed by atoms with Gasteiger partial charge in [0.25, 0.3) is 11.7 Å². The van der Waals surface area contributed by atoms with Crippen molar-refractivity contribution in [2.45, 2.75) is 45.7 Å². The fourth-order valence-electron chi connectivity index (χ4n) is 4.10. The van der Waals surface area contributed by atoms with E-state index >= 15 is 0 Å². The molecule has 3 aliphatic rings. The van der Waals surface area contributed by atoms with E-state index in [-0.39, 0.29) is 17.7 Å². The Morgan fingerprint density at radius 2 is 1.96 bits per heavy atom. The Kier molecular flexibility index (Phi) is 2.88. The van der Waals surface area contributed by atoms with Gasteiger partial charge in [-0.05, 0) is 53.1 Å². The van der Waals surface area contributed by atoms with Gasteiger partial charge in [-0.15, -0.1) is 11.3 Å². The standard InChI is InChI=1S/C20H19NO2S/c1-10(2)3-14-5-13-9-21-17(8-18(13)24-14)15-6-11-4-12(11)7-16(15)19(22)20(21)23/h5-7,10,17H,3-4,8-9H2,1-2H3/t17-/m0/s1. The lowest BCUT2D eigenvalue weighted by molar-refractivity contribution is -0.130. The molecule has 0 unspecified atom stereocenters. The first-order valence-electron chi connectivity index (χ1n) is 8.62. The summed E-state index contributed by atoms with van der Waals surface area (Å²) in [4.78, 5) is 29.7. The number of hydrogen-bond donors (Lipinski definition) is 0. The third-order valence-electron chi connectivity index (χ3n) is 5.34. The highest BCUT2D eigenvalue weighted by atomic mass is 32.1. The smallest absolute Gasteiger partial charge is 0.295 e. The summed E-state index contributed by atoms with van der Waals surface area (Å²) in [5, 5.41) is 0. The zero-order valence-corrected chi connectivity index (χ0v) is 14.7. The molecule has 4 heteroatoms. The van der Waals surface area contributed by atoms with Crippen LogP contribution in [-0.2, 0) is 30.6 Å². The average Bonchev–Trinajstić information content (AvgIpc) is 3.19. The summed E-state index contributed by atoms with van der Waals surface area (Å²) in [7, 11) is 0. The molecule has 0 bridgehead atoms. The summed E-state index contributed by atoms with van der Waals surface area (Å²) in [6.45, 7) is 5.04. The highest BCUT2D eigenvalue weighted by Crippen LogP contribution is 2.44. The fraction of sp³-hybridized carbons (Fsp3) is 0.400. The zero-order valence-electron chi connectivity index (χ0n) is 13.9. The van der Waals surface area contributed by atoms with E-state index in [9.17, 15) is 9.59 Å². The second-order valence-electron chi connectivity index (χ2n) is 7.63. The quantitative estimate of drug-likeness (QED) is 0.669. The van der Waals surface area contributed by atoms with E-state index in [1.165, 1.54) is 26.4 Å². The summed E-state index contributed by atoms with van der Waals surface area (Å²) in [5.41, 5.74) is 5.53. The van der Waals surface area contributed by atoms with Crippen molar-refractivity contribution in [3.63, 3.8) is 0 Å². The van der Waals surface area contributed by atoms with Crippen molar-refractivity contribution >= 4 is 23.0 Å². The molecule has 1 aliphatic carbocycles. The molecule has 0 saturated carbocycles. The number of ketones is 1. The van der Waals surface area contributed by atoms with Crippen molar-refractivity contribution in [2.75, 3.05) is 0 Å². The van der Waals surface area contributed by atoms with Crippen molar-refractivity contribution in [1.29, 1.82) is 0 Å². The van der Waals surface area contributed by atoms with Crippen LogP contribution < -0.4 is 0 Å². The molecule has 2 aromatic rings. The lowest BCUT2D eigenvalue weighted by Gasteiger charge is -2.39. The van der Waals surface area contributed by atoms with Gasteiger partial charge in [0.05, 0.1) is 6.04 Å². The van der Waals surface area contributed by atoms with Gasteiger partial charge in [0.1, 0.15) is 0 Å². The number of carbonyl (C=O) groups excluding carboxylic acids is 2. The minimum atomic E-state index is -0.324. The van der Waals surface area contributed by atoms with Crippen molar-refractivity contribution in [3.05, 3.63) is 55.8 Å². The van der Waals surface area contributed by atoms with Crippen molar-refractivity contribution in [1.82, 2.24) is 4.90 Å². The van der Waals surface area contributed by atoms with Gasteiger partial charge in [0.15, 0.2) is 0 Å². The molecule has 2 aliphatic heterocycles. The average molecular weight is 337 g/mol. The number of thiophene rings is 1. The Balaban J connectivity index is 1.57. The molecule has 0 N–H and O–H groups in total. The van der Waals surface area contributed by atoms with Crippen LogP contribution in [0, 0.1) is 5.92 Å². The number of benzene rings is 1. The Bertz CT molecular complexity index is 909. The molecular weight excluding hydrogens is 318 g/mol. The summed E-state index contributed by atoms with van der Waals surface area (Å²) < 4.78 is 0. The Morgan fingerprint density at radius 1 is 1.17 bits per heavy atom. The number of amides is 1. The predicted molar refractivity (Wildman–Crippen MR) is 93.4 cm³/mol. The van der Waals surface area contributed by atoms with E-state index in [0.717, 1.165) is 24.8 Å². The number of nitrogens with zero attached hydrogens (tertiary/aromatic N) is 1. The van der Waals surface area contributed by atoms with Gasteiger partial charge in [-0.2, -0.15) is 0 Å². The molecule has 3 nitrogen and oxygen atoms in total. The molecule has 0 fully saturated rings. The van der Waals surface area contributed by atoms with Crippen LogP contribution in [0.25, 0.3) is 0 Å². The number of Topliss-reactive ketones (excluding diaryl/α,β-unsaturated/α-hetero) is 1. The zero-order chi connectivity index (χ0) is 16.6. The maximum atomic E-state index is 12.6. The topological polar surface area (TPSA) is 37.4 Å². The summed E-state index contributed by atoms with van der Waals surface area (Å²) >= 11 is 1.89. The number of hydrogen-bond acceptors (Lipinski definition) is 3. The second-order valence-corrected chi connectivity index (χ2v) is 8.85. The second kappa shape index (κ2) is 4.79. The van der Waals surface area contributed by atoms with Crippen molar-refractivity contribution < 1.29 is 9.59 Å². The number of rotatable bonds is 2. The van der Waals surface area contributed by atoms with Gasteiger partial charge in [-0.1, -0.05) is 19.9 Å². The molecule has 1 amide bonds. The maximum Gasteiger partial charge on any atom is 0.295 e. The van der Waals surface area contributed by atoms with Crippen LogP contribution in [0.5, 0.6) is 0 Å². The van der Waals surface area contributed by atoms with E-state index in [1.54, 1.807) is 4.90 Å². The number of carbonyl (C=O) groups is 2. The fourth-order valence-corrected chi connectivity index (χ4v) is 5.53. The van der Waals surface area contributed by atoms with Gasteiger partial charge < -0.3 is 4.90 Å². The van der Waals surface area contributed by atoms with Gasteiger partial charge in [0, 0.05) is 28.3 Å². The third-order valence-corrected chi connectivity index (χ3v) is 6.56. The predicted octanol–water partition coefficient (Wildman–Crippen LogP) is 3.67. The third kappa shape index (κ3) is 2.02. The Morgan fingerprint density at radius 3 is 2.75 bits per heavy atom. The first-order chi connectivity index (χ1) is 11.5. The SMILES string of the molecule is CC(C)Cc1cc2c(s1)C[C@H]1c3cc4c(cc3C(=O)C(=O)N1C2)C4. The minimum absolute atomic E-state index is 0.0362. The molecule has 24 heavy (non-hydrogen) atoms. The summed E-state index contributed by atoms with van der Waals surface area (Å²) in [5.74, 6) is -0.0147. The van der Waals surface area contributed by atoms with Crippen LogP contribution in [0.3, 0.4) is 0 Å². The molecule has 3 heterocycles. The number of fused-ring (bicyclic) bond motifs is 5. The molecule has 5 rings (SSSR count). The Labute approximate surface area is 145 Å². The molecule has 0 saturated heterocycles. The lowest BCUT2D eigenvalue weighted by Crippen LogP contribution is -2.46. The highest BCUT2D eigenvalue weighted by Gasteiger charge is 2.43. The van der Waals surface area contributed by atoms with Crippen LogP contribution in [0.15, 0.2) is 18.2 Å². The first kappa shape index (κ1) is 14.4. The van der Waals surface area contributed by atoms with Gasteiger partial charge in [-0.3, -0.25) is 9.59 Å². The van der Waals surface area contributed by atoms with Crippen molar-refractivity contribution in [3.8, 4) is 0 Å². The molecule has 122 valence electrons. The van der Waals surface area contributed by atoms with Gasteiger partial charge in [0.2, 0.25) is 0 Å². The lowest BCUT2D eigenvalue weighted by atomic mass is 9.86. The van der Waals surface area contributed by atoms with E-state index in [0.29, 0.717) is 18.0 Å². The highest BCUT2D eigenvalue weighted by molar-refractivity contribution is 7.12. The minimum Gasteiger partial charge on any atom is -0.324 e. The van der Waals surface area contributed by atoms with Gasteiger partial charge >= 0.3 is 0 Å². The van der Waals surface area contributed by atoms with Crippen LogP contribution in [-0.4, -0.2) is 16.6 Å². The summed E-state index contributed by atoms with van der Waals surface area (Å²) in [6.07, 6.45) is 2.91. The van der Waals surface area contributed by atoms with Crippen LogP contribution in [0.1, 0.15) is 62.3 Å². The molecular formula is C20H19NO2S. The van der Waals surface area contributed by atoms with Crippen LogP contribution in [0.4, 0.5) is 0 Å². The molecule has 1 atom stereocenters. The van der Waals surface area contributed by atoms with E-state index in [1.807, 2.05) is 17.4 Å². The van der Waals surface area contributed by atoms with Crippen LogP contribution in [0.2, 0.25) is 0 Å². The van der Waals surface area contributed by atoms with E-state index < -0.39 is 0 Å². The molecule has 1 aromatic heterocycles. The van der Waals surface area contributed by atoms with Crippen LogP contribution >= 0.6 is 11.3 Å².